The van der Waals surface area contributed by atoms with Crippen molar-refractivity contribution in [3.05, 3.63) is 12.4 Å². The summed E-state index contributed by atoms with van der Waals surface area (Å²) in [5.41, 5.74) is -0.191. The molecular formula is C17H27FN2O2. The lowest BCUT2D eigenvalue weighted by Crippen LogP contribution is -2.64. The Bertz CT molecular complexity index is 493. The Morgan fingerprint density at radius 2 is 1.77 bits per heavy atom. The van der Waals surface area contributed by atoms with E-state index in [-0.39, 0.29) is 5.91 Å². The summed E-state index contributed by atoms with van der Waals surface area (Å²) in [5.74, 6) is -1.06. The Hall–Kier alpha value is -1.39. The van der Waals surface area contributed by atoms with Crippen LogP contribution in [-0.4, -0.2) is 35.8 Å². The average molecular weight is 310 g/mol. The van der Waals surface area contributed by atoms with Gasteiger partial charge in [-0.05, 0) is 29.1 Å². The summed E-state index contributed by atoms with van der Waals surface area (Å²) in [6, 6.07) is -0.742. The van der Waals surface area contributed by atoms with Crippen molar-refractivity contribution in [2.75, 3.05) is 13.1 Å². The van der Waals surface area contributed by atoms with Crippen molar-refractivity contribution >= 4 is 11.8 Å². The normalized spacial score (nSPS) is 27.6. The number of hydrogen-bond donors (Lipinski definition) is 1. The van der Waals surface area contributed by atoms with E-state index in [1.165, 1.54) is 6.42 Å². The molecule has 2 amide bonds. The summed E-state index contributed by atoms with van der Waals surface area (Å²) >= 11 is 0. The summed E-state index contributed by atoms with van der Waals surface area (Å²) in [6.45, 7) is 14.6. The van der Waals surface area contributed by atoms with Crippen LogP contribution in [0.3, 0.4) is 0 Å². The zero-order valence-electron chi connectivity index (χ0n) is 14.2. The minimum absolute atomic E-state index is 0.118. The number of carbonyl (C=O) groups excluding carboxylic acids is 2. The lowest BCUT2D eigenvalue weighted by molar-refractivity contribution is -0.157. The molecule has 1 saturated carbocycles. The molecule has 0 aromatic heterocycles. The van der Waals surface area contributed by atoms with Gasteiger partial charge >= 0.3 is 0 Å². The van der Waals surface area contributed by atoms with Gasteiger partial charge in [0.05, 0.1) is 0 Å². The van der Waals surface area contributed by atoms with Crippen molar-refractivity contribution in [3.63, 3.8) is 0 Å². The van der Waals surface area contributed by atoms with Crippen LogP contribution >= 0.6 is 0 Å². The molecule has 3 aliphatic rings. The molecule has 3 fully saturated rings. The first-order chi connectivity index (χ1) is 9.94. The number of hydrogen-bond acceptors (Lipinski definition) is 2. The summed E-state index contributed by atoms with van der Waals surface area (Å²) in [5, 5.41) is 2.50. The van der Waals surface area contributed by atoms with Gasteiger partial charge in [-0.15, -0.1) is 0 Å². The first-order valence-corrected chi connectivity index (χ1v) is 7.88. The van der Waals surface area contributed by atoms with E-state index in [1.807, 2.05) is 25.7 Å². The molecule has 2 bridgehead atoms. The molecule has 5 heteroatoms. The molecule has 1 N–H and O–H groups in total. The molecule has 1 aliphatic carbocycles. The maximum atomic E-state index is 13.0. The number of rotatable bonds is 3. The van der Waals surface area contributed by atoms with Crippen LogP contribution in [0.25, 0.3) is 0 Å². The largest absolute Gasteiger partial charge is 0.340 e. The molecule has 4 nitrogen and oxygen atoms in total. The molecule has 124 valence electrons. The third-order valence-electron chi connectivity index (χ3n) is 5.50. The highest BCUT2D eigenvalue weighted by molar-refractivity contribution is 5.95. The Balaban J connectivity index is 2.11. The topological polar surface area (TPSA) is 49.4 Å². The van der Waals surface area contributed by atoms with Crippen LogP contribution in [0.15, 0.2) is 12.4 Å². The molecule has 0 unspecified atom stereocenters. The Kier molecular flexibility index (Phi) is 4.13. The van der Waals surface area contributed by atoms with Crippen molar-refractivity contribution < 1.29 is 14.0 Å². The highest BCUT2D eigenvalue weighted by Crippen LogP contribution is 2.54. The molecule has 2 saturated heterocycles. The van der Waals surface area contributed by atoms with Gasteiger partial charge in [0.1, 0.15) is 6.04 Å². The van der Waals surface area contributed by atoms with Crippen LogP contribution in [-0.2, 0) is 9.59 Å². The van der Waals surface area contributed by atoms with Crippen molar-refractivity contribution in [2.45, 2.75) is 47.1 Å². The number of nitrogens with one attached hydrogen (secondary N) is 1. The van der Waals surface area contributed by atoms with Gasteiger partial charge in [-0.25, -0.2) is 4.39 Å². The second kappa shape index (κ2) is 5.36. The standard InChI is InChI=1S/C17H27FN2O2/c1-10(18)14(21)19-13(16(2,3)4)15(22)20-8-11-7-12(9-20)17(11,5)6/h11-13H,1,7-9H2,2-6H3,(H,19,21)/t11-,12+,13-/m1/s1. The van der Waals surface area contributed by atoms with E-state index >= 15 is 0 Å². The maximum Gasteiger partial charge on any atom is 0.280 e. The van der Waals surface area contributed by atoms with Crippen LogP contribution in [0, 0.1) is 22.7 Å². The van der Waals surface area contributed by atoms with Gasteiger partial charge < -0.3 is 10.2 Å². The van der Waals surface area contributed by atoms with Crippen LogP contribution in [0.1, 0.15) is 41.0 Å². The van der Waals surface area contributed by atoms with Gasteiger partial charge in [0.15, 0.2) is 5.83 Å². The lowest BCUT2D eigenvalue weighted by atomic mass is 9.52. The highest BCUT2D eigenvalue weighted by Gasteiger charge is 2.54. The summed E-state index contributed by atoms with van der Waals surface area (Å²) in [7, 11) is 0. The van der Waals surface area contributed by atoms with Gasteiger partial charge in [0.2, 0.25) is 5.91 Å². The summed E-state index contributed by atoms with van der Waals surface area (Å²) in [4.78, 5) is 26.3. The van der Waals surface area contributed by atoms with E-state index in [0.29, 0.717) is 17.3 Å². The van der Waals surface area contributed by atoms with Crippen LogP contribution < -0.4 is 5.32 Å². The number of piperidine rings is 2. The van der Waals surface area contributed by atoms with E-state index < -0.39 is 23.2 Å². The zero-order valence-corrected chi connectivity index (χ0v) is 14.2. The first-order valence-electron chi connectivity index (χ1n) is 7.88. The second-order valence-electron chi connectivity index (χ2n) is 8.37. The zero-order chi connectivity index (χ0) is 16.9. The number of fused-ring (bicyclic) bond motifs is 2. The Labute approximate surface area is 132 Å². The van der Waals surface area contributed by atoms with Crippen LogP contribution in [0.4, 0.5) is 4.39 Å². The first kappa shape index (κ1) is 17.0. The van der Waals surface area contributed by atoms with E-state index in [4.69, 9.17) is 0 Å². The van der Waals surface area contributed by atoms with Crippen molar-refractivity contribution in [3.8, 4) is 0 Å². The molecule has 0 aromatic carbocycles. The molecule has 2 heterocycles. The van der Waals surface area contributed by atoms with E-state index in [2.05, 4.69) is 25.7 Å². The fourth-order valence-corrected chi connectivity index (χ4v) is 3.57. The fourth-order valence-electron chi connectivity index (χ4n) is 3.57. The Morgan fingerprint density at radius 1 is 1.27 bits per heavy atom. The van der Waals surface area contributed by atoms with Gasteiger partial charge in [0.25, 0.3) is 5.91 Å². The molecule has 0 radical (unpaired) electrons. The quantitative estimate of drug-likeness (QED) is 0.814. The third-order valence-corrected chi connectivity index (χ3v) is 5.50. The van der Waals surface area contributed by atoms with Gasteiger partial charge in [-0.2, -0.15) is 0 Å². The van der Waals surface area contributed by atoms with Gasteiger partial charge in [0, 0.05) is 13.1 Å². The van der Waals surface area contributed by atoms with Crippen LogP contribution in [0.5, 0.6) is 0 Å². The minimum Gasteiger partial charge on any atom is -0.340 e. The molecule has 2 aliphatic heterocycles. The smallest absolute Gasteiger partial charge is 0.280 e. The van der Waals surface area contributed by atoms with Gasteiger partial charge in [-0.3, -0.25) is 9.59 Å². The van der Waals surface area contributed by atoms with Crippen molar-refractivity contribution in [2.24, 2.45) is 22.7 Å². The molecule has 0 spiro atoms. The molecule has 0 aromatic rings. The SMILES string of the molecule is C=C(F)C(=O)N[C@H](C(=O)N1C[C@H]2C[C@@H](C1)C2(C)C)C(C)(C)C. The number of amides is 2. The number of nitrogens with zero attached hydrogens (tertiary/aromatic N) is 1. The molecule has 3 rings (SSSR count). The lowest BCUT2D eigenvalue weighted by Gasteiger charge is -2.60. The predicted molar refractivity (Wildman–Crippen MR) is 83.6 cm³/mol. The number of carbonyl (C=O) groups is 2. The summed E-state index contributed by atoms with van der Waals surface area (Å²) < 4.78 is 13.0. The van der Waals surface area contributed by atoms with Crippen LogP contribution in [0.2, 0.25) is 0 Å². The second-order valence-corrected chi connectivity index (χ2v) is 8.37. The van der Waals surface area contributed by atoms with Crippen molar-refractivity contribution in [1.82, 2.24) is 10.2 Å². The monoisotopic (exact) mass is 310 g/mol. The minimum atomic E-state index is -1.07. The van der Waals surface area contributed by atoms with E-state index in [9.17, 15) is 14.0 Å². The fraction of sp³-hybridized carbons (Fsp3) is 0.765. The molecular weight excluding hydrogens is 283 g/mol. The number of halogens is 1. The highest BCUT2D eigenvalue weighted by atomic mass is 19.1. The average Bonchev–Trinajstić information content (AvgIpc) is 2.42. The molecule has 3 atom stereocenters. The maximum absolute atomic E-state index is 13.0. The summed E-state index contributed by atoms with van der Waals surface area (Å²) in [6.07, 6.45) is 1.17. The Morgan fingerprint density at radius 3 is 2.14 bits per heavy atom. The van der Waals surface area contributed by atoms with Gasteiger partial charge in [-0.1, -0.05) is 41.2 Å². The van der Waals surface area contributed by atoms with Crippen molar-refractivity contribution in [1.29, 1.82) is 0 Å². The third kappa shape index (κ3) is 2.90. The van der Waals surface area contributed by atoms with E-state index in [0.717, 1.165) is 13.1 Å². The van der Waals surface area contributed by atoms with E-state index in [1.54, 1.807) is 0 Å². The predicted octanol–water partition coefficient (Wildman–Crippen LogP) is 2.51. The molecule has 22 heavy (non-hydrogen) atoms.